The number of thiophene rings is 1. The van der Waals surface area contributed by atoms with E-state index in [1.165, 1.54) is 4.88 Å². The molecule has 1 heterocycles. The lowest BCUT2D eigenvalue weighted by Crippen LogP contribution is -2.36. The summed E-state index contributed by atoms with van der Waals surface area (Å²) in [5.74, 6) is 5.19. The number of rotatable bonds is 5. The highest BCUT2D eigenvalue weighted by Crippen LogP contribution is 2.21. The van der Waals surface area contributed by atoms with Crippen molar-refractivity contribution < 1.29 is 0 Å². The number of hydrogen-bond donors (Lipinski definition) is 2. The zero-order valence-corrected chi connectivity index (χ0v) is 9.16. The van der Waals surface area contributed by atoms with Crippen molar-refractivity contribution in [2.24, 2.45) is 5.84 Å². The number of nitrogens with two attached hydrogens (primary N) is 1. The van der Waals surface area contributed by atoms with Gasteiger partial charge in [-0.3, -0.25) is 10.7 Å². The van der Waals surface area contributed by atoms with Crippen LogP contribution in [-0.4, -0.2) is 25.2 Å². The third kappa shape index (κ3) is 4.06. The summed E-state index contributed by atoms with van der Waals surface area (Å²) in [6.07, 6.45) is 1.02. The molecular weight excluding hydrogens is 206 g/mol. The molecule has 0 radical (unpaired) electrons. The first kappa shape index (κ1) is 10.9. The molecule has 3 nitrogen and oxygen atoms in total. The highest BCUT2D eigenvalue weighted by atomic mass is 35.5. The van der Waals surface area contributed by atoms with E-state index in [1.54, 1.807) is 11.3 Å². The molecule has 1 rings (SSSR count). The standard InChI is InChI=1S/C8H14ClN3S/c1-12(6-11-10)5-4-7-2-3-8(9)13-7/h2-3,11H,4-6,10H2,1H3. The highest BCUT2D eigenvalue weighted by molar-refractivity contribution is 7.16. The molecule has 0 amide bonds. The molecule has 0 bridgehead atoms. The van der Waals surface area contributed by atoms with Crippen LogP contribution in [0, 0.1) is 0 Å². The maximum absolute atomic E-state index is 5.81. The zero-order chi connectivity index (χ0) is 9.68. The van der Waals surface area contributed by atoms with Gasteiger partial charge in [0.15, 0.2) is 0 Å². The van der Waals surface area contributed by atoms with Gasteiger partial charge in [-0.25, -0.2) is 5.43 Å². The Morgan fingerprint density at radius 1 is 1.62 bits per heavy atom. The monoisotopic (exact) mass is 219 g/mol. The number of hydrogen-bond acceptors (Lipinski definition) is 4. The van der Waals surface area contributed by atoms with Gasteiger partial charge in [-0.15, -0.1) is 11.3 Å². The van der Waals surface area contributed by atoms with Crippen LogP contribution in [0.4, 0.5) is 0 Å². The number of likely N-dealkylation sites (N-methyl/N-ethyl adjacent to an activating group) is 1. The molecule has 0 atom stereocenters. The van der Waals surface area contributed by atoms with E-state index in [9.17, 15) is 0 Å². The second kappa shape index (κ2) is 5.57. The first-order valence-corrected chi connectivity index (χ1v) is 5.28. The van der Waals surface area contributed by atoms with Crippen molar-refractivity contribution in [2.45, 2.75) is 6.42 Å². The van der Waals surface area contributed by atoms with E-state index in [0.717, 1.165) is 17.3 Å². The molecule has 0 spiro atoms. The molecule has 5 heteroatoms. The average molecular weight is 220 g/mol. The minimum atomic E-state index is 0.707. The Hall–Kier alpha value is -0.130. The van der Waals surface area contributed by atoms with Crippen LogP contribution in [0.5, 0.6) is 0 Å². The third-order valence-corrected chi connectivity index (χ3v) is 3.02. The first-order valence-electron chi connectivity index (χ1n) is 4.08. The van der Waals surface area contributed by atoms with Crippen molar-refractivity contribution in [1.82, 2.24) is 10.3 Å². The number of halogens is 1. The van der Waals surface area contributed by atoms with Crippen LogP contribution < -0.4 is 11.3 Å². The molecule has 0 fully saturated rings. The van der Waals surface area contributed by atoms with E-state index in [2.05, 4.69) is 16.4 Å². The third-order valence-electron chi connectivity index (χ3n) is 1.73. The average Bonchev–Trinajstić information content (AvgIpc) is 2.49. The molecule has 13 heavy (non-hydrogen) atoms. The van der Waals surface area contributed by atoms with Crippen molar-refractivity contribution >= 4 is 22.9 Å². The first-order chi connectivity index (χ1) is 6.22. The molecule has 1 aromatic rings. The number of hydrazine groups is 1. The van der Waals surface area contributed by atoms with Crippen LogP contribution >= 0.6 is 22.9 Å². The predicted octanol–water partition coefficient (Wildman–Crippen LogP) is 1.30. The van der Waals surface area contributed by atoms with Crippen molar-refractivity contribution in [3.8, 4) is 0 Å². The van der Waals surface area contributed by atoms with E-state index in [1.807, 2.05) is 13.1 Å². The molecule has 0 aliphatic rings. The Morgan fingerprint density at radius 3 is 2.92 bits per heavy atom. The summed E-state index contributed by atoms with van der Waals surface area (Å²) in [6.45, 7) is 1.69. The Kier molecular flexibility index (Phi) is 4.69. The molecule has 1 aromatic heterocycles. The van der Waals surface area contributed by atoms with Crippen molar-refractivity contribution in [3.63, 3.8) is 0 Å². The van der Waals surface area contributed by atoms with Crippen LogP contribution in [-0.2, 0) is 6.42 Å². The van der Waals surface area contributed by atoms with Crippen molar-refractivity contribution in [2.75, 3.05) is 20.3 Å². The summed E-state index contributed by atoms with van der Waals surface area (Å²) in [5.41, 5.74) is 2.61. The molecule has 74 valence electrons. The van der Waals surface area contributed by atoms with Gasteiger partial charge in [-0.1, -0.05) is 11.6 Å². The molecule has 3 N–H and O–H groups in total. The molecular formula is C8H14ClN3S. The zero-order valence-electron chi connectivity index (χ0n) is 7.59. The van der Waals surface area contributed by atoms with Crippen molar-refractivity contribution in [3.05, 3.63) is 21.3 Å². The van der Waals surface area contributed by atoms with E-state index >= 15 is 0 Å². The predicted molar refractivity (Wildman–Crippen MR) is 57.9 cm³/mol. The minimum Gasteiger partial charge on any atom is -0.292 e. The lowest BCUT2D eigenvalue weighted by atomic mass is 10.3. The maximum Gasteiger partial charge on any atom is 0.0931 e. The normalized spacial score (nSPS) is 11.1. The van der Waals surface area contributed by atoms with Crippen LogP contribution in [0.1, 0.15) is 4.88 Å². The second-order valence-corrected chi connectivity index (χ2v) is 4.70. The second-order valence-electron chi connectivity index (χ2n) is 2.90. The minimum absolute atomic E-state index is 0.707. The molecule has 0 saturated carbocycles. The molecule has 0 aliphatic carbocycles. The topological polar surface area (TPSA) is 41.3 Å². The van der Waals surface area contributed by atoms with E-state index in [0.29, 0.717) is 6.67 Å². The van der Waals surface area contributed by atoms with Crippen LogP contribution in [0.15, 0.2) is 12.1 Å². The molecule has 0 saturated heterocycles. The summed E-state index contributed by atoms with van der Waals surface area (Å²) in [5, 5.41) is 0. The molecule has 0 aromatic carbocycles. The van der Waals surface area contributed by atoms with Crippen LogP contribution in [0.25, 0.3) is 0 Å². The molecule has 0 unspecified atom stereocenters. The highest BCUT2D eigenvalue weighted by Gasteiger charge is 2.00. The maximum atomic E-state index is 5.81. The van der Waals surface area contributed by atoms with E-state index in [4.69, 9.17) is 17.4 Å². The Labute approximate surface area is 87.5 Å². The van der Waals surface area contributed by atoms with Crippen molar-refractivity contribution in [1.29, 1.82) is 0 Å². The van der Waals surface area contributed by atoms with Gasteiger partial charge in [-0.2, -0.15) is 0 Å². The van der Waals surface area contributed by atoms with Gasteiger partial charge in [0, 0.05) is 11.4 Å². The molecule has 0 aliphatic heterocycles. The van der Waals surface area contributed by atoms with E-state index < -0.39 is 0 Å². The van der Waals surface area contributed by atoms with Gasteiger partial charge >= 0.3 is 0 Å². The van der Waals surface area contributed by atoms with Crippen LogP contribution in [0.2, 0.25) is 4.34 Å². The summed E-state index contributed by atoms with van der Waals surface area (Å²) in [4.78, 5) is 3.43. The fourth-order valence-electron chi connectivity index (χ4n) is 1.02. The summed E-state index contributed by atoms with van der Waals surface area (Å²) >= 11 is 7.44. The quantitative estimate of drug-likeness (QED) is 0.446. The van der Waals surface area contributed by atoms with E-state index in [-0.39, 0.29) is 0 Å². The lowest BCUT2D eigenvalue weighted by molar-refractivity contribution is 0.313. The summed E-state index contributed by atoms with van der Waals surface area (Å²) < 4.78 is 0.856. The van der Waals surface area contributed by atoms with Crippen LogP contribution in [0.3, 0.4) is 0 Å². The van der Waals surface area contributed by atoms with Gasteiger partial charge < -0.3 is 0 Å². The van der Waals surface area contributed by atoms with Gasteiger partial charge in [-0.05, 0) is 25.6 Å². The largest absolute Gasteiger partial charge is 0.292 e. The van der Waals surface area contributed by atoms with Gasteiger partial charge in [0.05, 0.1) is 11.0 Å². The fourth-order valence-corrected chi connectivity index (χ4v) is 2.10. The Morgan fingerprint density at radius 2 is 2.38 bits per heavy atom. The van der Waals surface area contributed by atoms with Gasteiger partial charge in [0.2, 0.25) is 0 Å². The fraction of sp³-hybridized carbons (Fsp3) is 0.500. The smallest absolute Gasteiger partial charge is 0.0931 e. The number of nitrogens with zero attached hydrogens (tertiary/aromatic N) is 1. The number of nitrogens with one attached hydrogen (secondary N) is 1. The SMILES string of the molecule is CN(CCc1ccc(Cl)s1)CNN. The Balaban J connectivity index is 2.26. The summed E-state index contributed by atoms with van der Waals surface area (Å²) in [7, 11) is 2.02. The lowest BCUT2D eigenvalue weighted by Gasteiger charge is -2.14. The van der Waals surface area contributed by atoms with Gasteiger partial charge in [0.25, 0.3) is 0 Å². The Bertz CT molecular complexity index is 251. The van der Waals surface area contributed by atoms with Gasteiger partial charge in [0.1, 0.15) is 0 Å². The summed E-state index contributed by atoms with van der Waals surface area (Å²) in [6, 6.07) is 4.00.